The van der Waals surface area contributed by atoms with Gasteiger partial charge in [-0.25, -0.2) is 9.98 Å². The summed E-state index contributed by atoms with van der Waals surface area (Å²) < 4.78 is 13.2. The minimum atomic E-state index is -0.518. The van der Waals surface area contributed by atoms with E-state index in [-0.39, 0.29) is 12.1 Å². The average Bonchev–Trinajstić information content (AvgIpc) is 3.67. The van der Waals surface area contributed by atoms with Crippen LogP contribution in [0.4, 0.5) is 0 Å². The van der Waals surface area contributed by atoms with Gasteiger partial charge in [0.25, 0.3) is 0 Å². The van der Waals surface area contributed by atoms with E-state index in [9.17, 15) is 0 Å². The van der Waals surface area contributed by atoms with Crippen molar-refractivity contribution in [2.45, 2.75) is 89.1 Å². The maximum atomic E-state index is 6.61. The van der Waals surface area contributed by atoms with Gasteiger partial charge < -0.3 is 9.47 Å². The van der Waals surface area contributed by atoms with Gasteiger partial charge in [-0.3, -0.25) is 0 Å². The predicted octanol–water partition coefficient (Wildman–Crippen LogP) is 7.21. The molecule has 0 bridgehead atoms. The highest BCUT2D eigenvalue weighted by molar-refractivity contribution is 6.07. The Kier molecular flexibility index (Phi) is 7.62. The van der Waals surface area contributed by atoms with Gasteiger partial charge >= 0.3 is 0 Å². The second-order valence-electron chi connectivity index (χ2n) is 11.8. The summed E-state index contributed by atoms with van der Waals surface area (Å²) in [4.78, 5) is 10.8. The molecule has 0 radical (unpaired) electrons. The Morgan fingerprint density at radius 1 is 0.568 bits per heavy atom. The Labute approximate surface area is 222 Å². The van der Waals surface area contributed by atoms with Crippen molar-refractivity contribution in [2.75, 3.05) is 13.2 Å². The minimum absolute atomic E-state index is 0.261. The molecule has 2 aromatic rings. The molecular weight excluding hydrogens is 456 g/mol. The van der Waals surface area contributed by atoms with E-state index >= 15 is 0 Å². The van der Waals surface area contributed by atoms with E-state index in [1.165, 1.54) is 75.3 Å². The van der Waals surface area contributed by atoms with Crippen LogP contribution in [-0.2, 0) is 22.3 Å². The third kappa shape index (κ3) is 5.49. The molecule has 0 unspecified atom stereocenters. The molecule has 2 atom stereocenters. The number of benzene rings is 2. The zero-order chi connectivity index (χ0) is 24.9. The Morgan fingerprint density at radius 2 is 0.973 bits per heavy atom. The standard InChI is InChI=1S/C33H42N2O2/c1-5-13-25(14-6-1)21-33(22-26-15-7-2-8-16-26,31-34-29(23-36-31)27-17-9-3-10-18-27)32-35-30(24-37-32)28-19-11-4-12-20-28/h1-2,5-8,13-16,27-30H,3-4,9-12,17-24H2/t29-,30-/m1/s1. The van der Waals surface area contributed by atoms with Gasteiger partial charge in [-0.05, 0) is 61.5 Å². The molecule has 4 aliphatic rings. The van der Waals surface area contributed by atoms with E-state index < -0.39 is 5.41 Å². The van der Waals surface area contributed by atoms with Crippen LogP contribution in [0.5, 0.6) is 0 Å². The topological polar surface area (TPSA) is 43.2 Å². The summed E-state index contributed by atoms with van der Waals surface area (Å²) in [6.45, 7) is 1.40. The molecule has 4 nitrogen and oxygen atoms in total. The lowest BCUT2D eigenvalue weighted by molar-refractivity contribution is 0.212. The second kappa shape index (κ2) is 11.4. The zero-order valence-electron chi connectivity index (χ0n) is 22.2. The first kappa shape index (κ1) is 24.7. The number of nitrogens with zero attached hydrogens (tertiary/aromatic N) is 2. The SMILES string of the molecule is c1ccc(CC(Cc2ccccc2)(C2=N[C@@H](C3CCCCC3)CO2)C2=N[C@@H](C3CCCCC3)CO2)cc1. The first-order valence-electron chi connectivity index (χ1n) is 14.8. The fourth-order valence-corrected chi connectivity index (χ4v) is 7.17. The Balaban J connectivity index is 1.40. The van der Waals surface area contributed by atoms with Crippen molar-refractivity contribution in [3.63, 3.8) is 0 Å². The maximum absolute atomic E-state index is 6.61. The summed E-state index contributed by atoms with van der Waals surface area (Å²) in [6.07, 6.45) is 14.7. The van der Waals surface area contributed by atoms with E-state index in [1.54, 1.807) is 0 Å². The number of ether oxygens (including phenoxy) is 2. The molecule has 2 fully saturated rings. The Hall–Kier alpha value is -2.62. The molecule has 4 heteroatoms. The van der Waals surface area contributed by atoms with Crippen molar-refractivity contribution in [1.82, 2.24) is 0 Å². The quantitative estimate of drug-likeness (QED) is 0.386. The average molecular weight is 499 g/mol. The van der Waals surface area contributed by atoms with Crippen LogP contribution in [0.15, 0.2) is 70.6 Å². The van der Waals surface area contributed by atoms with Crippen LogP contribution < -0.4 is 0 Å². The zero-order valence-corrected chi connectivity index (χ0v) is 22.2. The molecule has 0 aromatic heterocycles. The number of aliphatic imine (C=N–C) groups is 2. The van der Waals surface area contributed by atoms with Gasteiger partial charge in [0.15, 0.2) is 11.8 Å². The molecule has 37 heavy (non-hydrogen) atoms. The summed E-state index contributed by atoms with van der Waals surface area (Å²) in [6, 6.07) is 22.1. The number of rotatable bonds is 8. The summed E-state index contributed by atoms with van der Waals surface area (Å²) >= 11 is 0. The van der Waals surface area contributed by atoms with Gasteiger partial charge in [-0.1, -0.05) is 99.2 Å². The van der Waals surface area contributed by atoms with Gasteiger partial charge in [0.2, 0.25) is 0 Å². The third-order valence-electron chi connectivity index (χ3n) is 9.25. The Morgan fingerprint density at radius 3 is 1.38 bits per heavy atom. The molecular formula is C33H42N2O2. The molecule has 2 aliphatic carbocycles. The summed E-state index contributed by atoms with van der Waals surface area (Å²) in [5, 5.41) is 0. The molecule has 2 saturated carbocycles. The smallest absolute Gasteiger partial charge is 0.200 e. The lowest BCUT2D eigenvalue weighted by Crippen LogP contribution is -2.44. The second-order valence-corrected chi connectivity index (χ2v) is 11.8. The molecule has 2 heterocycles. The van der Waals surface area contributed by atoms with E-state index in [1.807, 2.05) is 0 Å². The highest BCUT2D eigenvalue weighted by Crippen LogP contribution is 2.41. The molecule has 2 aliphatic heterocycles. The molecule has 0 saturated heterocycles. The Bertz CT molecular complexity index is 981. The maximum Gasteiger partial charge on any atom is 0.200 e. The molecule has 6 rings (SSSR count). The third-order valence-corrected chi connectivity index (χ3v) is 9.25. The van der Waals surface area contributed by atoms with Crippen molar-refractivity contribution in [3.8, 4) is 0 Å². The molecule has 196 valence electrons. The molecule has 0 spiro atoms. The molecule has 0 amide bonds. The van der Waals surface area contributed by atoms with Gasteiger partial charge in [-0.15, -0.1) is 0 Å². The monoisotopic (exact) mass is 498 g/mol. The fraction of sp³-hybridized carbons (Fsp3) is 0.576. The molecule has 0 N–H and O–H groups in total. The first-order valence-corrected chi connectivity index (χ1v) is 14.8. The van der Waals surface area contributed by atoms with Crippen molar-refractivity contribution >= 4 is 11.8 Å². The van der Waals surface area contributed by atoms with Gasteiger partial charge in [0, 0.05) is 0 Å². The fourth-order valence-electron chi connectivity index (χ4n) is 7.17. The largest absolute Gasteiger partial charge is 0.478 e. The lowest BCUT2D eigenvalue weighted by Gasteiger charge is -2.32. The normalized spacial score (nSPS) is 25.3. The van der Waals surface area contributed by atoms with E-state index in [0.717, 1.165) is 24.6 Å². The number of hydrogen-bond acceptors (Lipinski definition) is 4. The van der Waals surface area contributed by atoms with Crippen LogP contribution in [0, 0.1) is 17.3 Å². The predicted molar refractivity (Wildman–Crippen MR) is 150 cm³/mol. The van der Waals surface area contributed by atoms with Crippen LogP contribution in [0.3, 0.4) is 0 Å². The van der Waals surface area contributed by atoms with E-state index in [0.29, 0.717) is 25.0 Å². The minimum Gasteiger partial charge on any atom is -0.478 e. The highest BCUT2D eigenvalue weighted by Gasteiger charge is 2.50. The highest BCUT2D eigenvalue weighted by atomic mass is 16.5. The summed E-state index contributed by atoms with van der Waals surface area (Å²) in [7, 11) is 0. The lowest BCUT2D eigenvalue weighted by atomic mass is 9.75. The van der Waals surface area contributed by atoms with Crippen LogP contribution in [0.2, 0.25) is 0 Å². The van der Waals surface area contributed by atoms with Crippen LogP contribution in [-0.4, -0.2) is 37.1 Å². The van der Waals surface area contributed by atoms with Crippen LogP contribution >= 0.6 is 0 Å². The van der Waals surface area contributed by atoms with Crippen molar-refractivity contribution in [1.29, 1.82) is 0 Å². The van der Waals surface area contributed by atoms with Gasteiger partial charge in [-0.2, -0.15) is 0 Å². The van der Waals surface area contributed by atoms with Crippen molar-refractivity contribution < 1.29 is 9.47 Å². The van der Waals surface area contributed by atoms with Crippen molar-refractivity contribution in [2.24, 2.45) is 27.2 Å². The van der Waals surface area contributed by atoms with Gasteiger partial charge in [0.05, 0.1) is 12.1 Å². The van der Waals surface area contributed by atoms with Crippen LogP contribution in [0.25, 0.3) is 0 Å². The number of hydrogen-bond donors (Lipinski definition) is 0. The summed E-state index contributed by atoms with van der Waals surface area (Å²) in [5.74, 6) is 3.00. The van der Waals surface area contributed by atoms with Gasteiger partial charge in [0.1, 0.15) is 18.6 Å². The van der Waals surface area contributed by atoms with Crippen molar-refractivity contribution in [3.05, 3.63) is 71.8 Å². The van der Waals surface area contributed by atoms with Crippen LogP contribution in [0.1, 0.15) is 75.3 Å². The van der Waals surface area contributed by atoms with E-state index in [2.05, 4.69) is 60.7 Å². The molecule has 2 aromatic carbocycles. The van der Waals surface area contributed by atoms with E-state index in [4.69, 9.17) is 19.5 Å². The first-order chi connectivity index (χ1) is 18.3. The summed E-state index contributed by atoms with van der Waals surface area (Å²) in [5.41, 5.74) is 2.03.